The first-order chi connectivity index (χ1) is 10.2. The second-order valence-corrected chi connectivity index (χ2v) is 6.37. The smallest absolute Gasteiger partial charge is 0.318 e. The van der Waals surface area contributed by atoms with Crippen molar-refractivity contribution in [3.8, 4) is 0 Å². The molecule has 2 fully saturated rings. The molecule has 116 valence electrons. The number of carbonyl (C=O) groups excluding carboxylic acids is 1. The molecule has 1 N–H and O–H groups in total. The van der Waals surface area contributed by atoms with E-state index >= 15 is 0 Å². The zero-order valence-electron chi connectivity index (χ0n) is 13.0. The molecule has 3 rings (SSSR count). The van der Waals surface area contributed by atoms with E-state index in [-0.39, 0.29) is 12.1 Å². The number of rotatable bonds is 2. The van der Waals surface area contributed by atoms with E-state index < -0.39 is 0 Å². The van der Waals surface area contributed by atoms with Crippen molar-refractivity contribution in [2.75, 3.05) is 6.54 Å². The summed E-state index contributed by atoms with van der Waals surface area (Å²) in [7, 11) is 0. The zero-order chi connectivity index (χ0) is 14.8. The predicted octanol–water partition coefficient (Wildman–Crippen LogP) is 3.47. The number of urea groups is 1. The molecule has 2 heterocycles. The van der Waals surface area contributed by atoms with Crippen LogP contribution in [0.2, 0.25) is 0 Å². The van der Waals surface area contributed by atoms with Crippen molar-refractivity contribution in [1.82, 2.24) is 15.4 Å². The van der Waals surface area contributed by atoms with Crippen LogP contribution in [0.15, 0.2) is 4.52 Å². The third-order valence-corrected chi connectivity index (χ3v) is 4.87. The molecule has 2 amide bonds. The van der Waals surface area contributed by atoms with Crippen LogP contribution >= 0.6 is 0 Å². The van der Waals surface area contributed by atoms with Gasteiger partial charge in [-0.05, 0) is 39.5 Å². The van der Waals surface area contributed by atoms with Crippen molar-refractivity contribution in [2.45, 2.75) is 70.9 Å². The van der Waals surface area contributed by atoms with Gasteiger partial charge >= 0.3 is 6.03 Å². The highest BCUT2D eigenvalue weighted by atomic mass is 16.5. The minimum absolute atomic E-state index is 0.0874. The Kier molecular flexibility index (Phi) is 4.17. The van der Waals surface area contributed by atoms with Crippen LogP contribution < -0.4 is 5.32 Å². The van der Waals surface area contributed by atoms with Crippen molar-refractivity contribution in [2.24, 2.45) is 0 Å². The average molecular weight is 291 g/mol. The Labute approximate surface area is 126 Å². The molecule has 1 aliphatic heterocycles. The minimum Gasteiger partial charge on any atom is -0.361 e. The lowest BCUT2D eigenvalue weighted by molar-refractivity contribution is 0.185. The first-order valence-electron chi connectivity index (χ1n) is 8.16. The molecule has 1 aromatic heterocycles. The van der Waals surface area contributed by atoms with E-state index in [1.54, 1.807) is 0 Å². The Morgan fingerprint density at radius 1 is 1.19 bits per heavy atom. The van der Waals surface area contributed by atoms with Gasteiger partial charge in [0.1, 0.15) is 5.76 Å². The van der Waals surface area contributed by atoms with Crippen molar-refractivity contribution in [3.05, 3.63) is 17.0 Å². The number of aryl methyl sites for hydroxylation is 2. The number of nitrogens with zero attached hydrogens (tertiary/aromatic N) is 2. The molecule has 5 heteroatoms. The van der Waals surface area contributed by atoms with E-state index in [2.05, 4.69) is 10.5 Å². The summed E-state index contributed by atoms with van der Waals surface area (Å²) in [6.45, 7) is 4.72. The standard InChI is InChI=1S/C16H25N3O2/c1-11-15(12(2)21-18-11)14-9-6-10-19(14)16(20)17-13-7-4-3-5-8-13/h13-14H,3-10H2,1-2H3,(H,17,20). The van der Waals surface area contributed by atoms with Gasteiger partial charge in [-0.2, -0.15) is 0 Å². The summed E-state index contributed by atoms with van der Waals surface area (Å²) >= 11 is 0. The quantitative estimate of drug-likeness (QED) is 0.907. The maximum absolute atomic E-state index is 12.6. The van der Waals surface area contributed by atoms with Gasteiger partial charge in [-0.15, -0.1) is 0 Å². The summed E-state index contributed by atoms with van der Waals surface area (Å²) in [5.74, 6) is 0.842. The summed E-state index contributed by atoms with van der Waals surface area (Å²) < 4.78 is 5.28. The van der Waals surface area contributed by atoms with Crippen LogP contribution in [0.5, 0.6) is 0 Å². The topological polar surface area (TPSA) is 58.4 Å². The molecule has 1 saturated heterocycles. The molecule has 1 atom stereocenters. The molecule has 1 aliphatic carbocycles. The van der Waals surface area contributed by atoms with Gasteiger partial charge in [-0.3, -0.25) is 0 Å². The maximum Gasteiger partial charge on any atom is 0.318 e. The van der Waals surface area contributed by atoms with Gasteiger partial charge in [0.2, 0.25) is 0 Å². The number of amides is 2. The fraction of sp³-hybridized carbons (Fsp3) is 0.750. The van der Waals surface area contributed by atoms with Crippen molar-refractivity contribution in [3.63, 3.8) is 0 Å². The molecule has 1 saturated carbocycles. The van der Waals surface area contributed by atoms with Gasteiger partial charge in [-0.1, -0.05) is 24.4 Å². The van der Waals surface area contributed by atoms with Crippen molar-refractivity contribution < 1.29 is 9.32 Å². The molecule has 1 unspecified atom stereocenters. The number of aromatic nitrogens is 1. The molecular formula is C16H25N3O2. The number of nitrogens with one attached hydrogen (secondary N) is 1. The van der Waals surface area contributed by atoms with Crippen LogP contribution in [-0.4, -0.2) is 28.7 Å². The van der Waals surface area contributed by atoms with Crippen LogP contribution in [0.3, 0.4) is 0 Å². The molecule has 5 nitrogen and oxygen atoms in total. The Bertz CT molecular complexity index is 486. The Balaban J connectivity index is 1.70. The number of likely N-dealkylation sites (tertiary alicyclic amines) is 1. The molecule has 0 bridgehead atoms. The number of hydrogen-bond donors (Lipinski definition) is 1. The minimum atomic E-state index is 0.0874. The molecule has 0 spiro atoms. The average Bonchev–Trinajstić information content (AvgIpc) is 3.07. The molecule has 2 aliphatic rings. The lowest BCUT2D eigenvalue weighted by atomic mass is 9.95. The maximum atomic E-state index is 12.6. The first kappa shape index (κ1) is 14.4. The first-order valence-corrected chi connectivity index (χ1v) is 8.16. The van der Waals surface area contributed by atoms with Crippen LogP contribution in [0.1, 0.15) is 68.0 Å². The summed E-state index contributed by atoms with van der Waals surface area (Å²) in [6.07, 6.45) is 8.06. The molecule has 0 radical (unpaired) electrons. The van der Waals surface area contributed by atoms with E-state index in [4.69, 9.17) is 4.52 Å². The lowest BCUT2D eigenvalue weighted by Gasteiger charge is -2.29. The Morgan fingerprint density at radius 2 is 1.95 bits per heavy atom. The second-order valence-electron chi connectivity index (χ2n) is 6.37. The third kappa shape index (κ3) is 2.92. The van der Waals surface area contributed by atoms with E-state index in [0.717, 1.165) is 49.2 Å². The summed E-state index contributed by atoms with van der Waals surface area (Å²) in [5.41, 5.74) is 2.01. The van der Waals surface area contributed by atoms with Gasteiger partial charge in [0, 0.05) is 18.2 Å². The number of carbonyl (C=O) groups is 1. The summed E-state index contributed by atoms with van der Waals surface area (Å²) in [6, 6.07) is 0.571. The largest absolute Gasteiger partial charge is 0.361 e. The van der Waals surface area contributed by atoms with Gasteiger partial charge < -0.3 is 14.7 Å². The van der Waals surface area contributed by atoms with Crippen LogP contribution in [0.4, 0.5) is 4.79 Å². The van der Waals surface area contributed by atoms with Gasteiger partial charge in [0.25, 0.3) is 0 Å². The Morgan fingerprint density at radius 3 is 2.62 bits per heavy atom. The van der Waals surface area contributed by atoms with E-state index in [9.17, 15) is 4.79 Å². The monoisotopic (exact) mass is 291 g/mol. The van der Waals surface area contributed by atoms with Crippen LogP contribution in [0.25, 0.3) is 0 Å². The lowest BCUT2D eigenvalue weighted by Crippen LogP contribution is -2.45. The SMILES string of the molecule is Cc1noc(C)c1C1CCCN1C(=O)NC1CCCCC1. The predicted molar refractivity (Wildman–Crippen MR) is 80.1 cm³/mol. The van der Waals surface area contributed by atoms with E-state index in [1.165, 1.54) is 19.3 Å². The molecule has 0 aromatic carbocycles. The van der Waals surface area contributed by atoms with Gasteiger partial charge in [0.15, 0.2) is 0 Å². The Hall–Kier alpha value is -1.52. The summed E-state index contributed by atoms with van der Waals surface area (Å²) in [5, 5.41) is 7.26. The third-order valence-electron chi connectivity index (χ3n) is 4.87. The fourth-order valence-electron chi connectivity index (χ4n) is 3.78. The highest BCUT2D eigenvalue weighted by Crippen LogP contribution is 2.35. The number of hydrogen-bond acceptors (Lipinski definition) is 3. The van der Waals surface area contributed by atoms with Gasteiger partial charge in [0.05, 0.1) is 11.7 Å². The second kappa shape index (κ2) is 6.08. The molecule has 21 heavy (non-hydrogen) atoms. The molecule has 1 aromatic rings. The summed E-state index contributed by atoms with van der Waals surface area (Å²) in [4.78, 5) is 14.6. The van der Waals surface area contributed by atoms with Crippen molar-refractivity contribution in [1.29, 1.82) is 0 Å². The van der Waals surface area contributed by atoms with E-state index in [1.807, 2.05) is 18.7 Å². The fourth-order valence-corrected chi connectivity index (χ4v) is 3.78. The molecular weight excluding hydrogens is 266 g/mol. The highest BCUT2D eigenvalue weighted by Gasteiger charge is 2.34. The highest BCUT2D eigenvalue weighted by molar-refractivity contribution is 5.75. The van der Waals surface area contributed by atoms with Crippen LogP contribution in [0, 0.1) is 13.8 Å². The van der Waals surface area contributed by atoms with E-state index in [0.29, 0.717) is 6.04 Å². The van der Waals surface area contributed by atoms with Crippen molar-refractivity contribution >= 4 is 6.03 Å². The normalized spacial score (nSPS) is 23.5. The zero-order valence-corrected chi connectivity index (χ0v) is 13.0. The van der Waals surface area contributed by atoms with Crippen LogP contribution in [-0.2, 0) is 0 Å². The van der Waals surface area contributed by atoms with Gasteiger partial charge in [-0.25, -0.2) is 4.79 Å².